The van der Waals surface area contributed by atoms with Crippen LogP contribution in [0.3, 0.4) is 0 Å². The summed E-state index contributed by atoms with van der Waals surface area (Å²) in [6.07, 6.45) is 2.48. The average molecular weight is 393 g/mol. The summed E-state index contributed by atoms with van der Waals surface area (Å²) in [5.74, 6) is 0.749. The highest BCUT2D eigenvalue weighted by Crippen LogP contribution is 2.26. The zero-order valence-corrected chi connectivity index (χ0v) is 16.7. The van der Waals surface area contributed by atoms with E-state index in [1.165, 1.54) is 28.7 Å². The Morgan fingerprint density at radius 1 is 1.35 bits per heavy atom. The molecule has 2 heterocycles. The first-order chi connectivity index (χ1) is 12.6. The number of anilines is 2. The van der Waals surface area contributed by atoms with Crippen molar-refractivity contribution in [2.75, 3.05) is 29.5 Å². The molecule has 0 bridgehead atoms. The number of hydrogen-bond donors (Lipinski definition) is 2. The minimum Gasteiger partial charge on any atom is -0.376 e. The molecule has 0 aliphatic carbocycles. The van der Waals surface area contributed by atoms with Gasteiger partial charge in [-0.15, -0.1) is 10.2 Å². The van der Waals surface area contributed by atoms with Gasteiger partial charge >= 0.3 is 0 Å². The molecule has 1 amide bonds. The Hall–Kier alpha value is -1.64. The molecule has 8 heteroatoms. The van der Waals surface area contributed by atoms with Gasteiger partial charge < -0.3 is 15.4 Å². The third-order valence-electron chi connectivity index (χ3n) is 4.10. The highest BCUT2D eigenvalue weighted by atomic mass is 32.2. The fraction of sp³-hybridized carbons (Fsp3) is 0.500. The van der Waals surface area contributed by atoms with E-state index < -0.39 is 0 Å². The molecule has 1 fully saturated rings. The molecule has 26 heavy (non-hydrogen) atoms. The van der Waals surface area contributed by atoms with Gasteiger partial charge in [-0.25, -0.2) is 0 Å². The summed E-state index contributed by atoms with van der Waals surface area (Å²) in [4.78, 5) is 12.1. The molecular weight excluding hydrogens is 368 g/mol. The summed E-state index contributed by atoms with van der Waals surface area (Å²) in [7, 11) is 0. The van der Waals surface area contributed by atoms with Crippen molar-refractivity contribution < 1.29 is 9.53 Å². The number of rotatable bonds is 8. The number of thioether (sulfide) groups is 1. The predicted molar refractivity (Wildman–Crippen MR) is 107 cm³/mol. The van der Waals surface area contributed by atoms with Crippen LogP contribution in [-0.2, 0) is 9.53 Å². The maximum Gasteiger partial charge on any atom is 0.234 e. The van der Waals surface area contributed by atoms with Crippen LogP contribution in [-0.4, -0.2) is 41.1 Å². The molecule has 2 N–H and O–H groups in total. The van der Waals surface area contributed by atoms with Gasteiger partial charge in [0.25, 0.3) is 0 Å². The van der Waals surface area contributed by atoms with E-state index >= 15 is 0 Å². The van der Waals surface area contributed by atoms with Crippen molar-refractivity contribution in [1.29, 1.82) is 0 Å². The van der Waals surface area contributed by atoms with Crippen LogP contribution in [0.25, 0.3) is 0 Å². The van der Waals surface area contributed by atoms with Crippen molar-refractivity contribution >= 4 is 39.8 Å². The van der Waals surface area contributed by atoms with Gasteiger partial charge in [-0.3, -0.25) is 4.79 Å². The van der Waals surface area contributed by atoms with E-state index in [-0.39, 0.29) is 12.0 Å². The van der Waals surface area contributed by atoms with Crippen molar-refractivity contribution in [1.82, 2.24) is 10.2 Å². The summed E-state index contributed by atoms with van der Waals surface area (Å²) >= 11 is 2.86. The maximum absolute atomic E-state index is 12.1. The number of nitrogens with zero attached hydrogens (tertiary/aromatic N) is 2. The quantitative estimate of drug-likeness (QED) is 0.662. The number of ether oxygens (including phenoxy) is 1. The molecule has 0 spiro atoms. The lowest BCUT2D eigenvalue weighted by atomic mass is 10.0. The van der Waals surface area contributed by atoms with Crippen molar-refractivity contribution in [3.8, 4) is 0 Å². The predicted octanol–water partition coefficient (Wildman–Crippen LogP) is 3.98. The topological polar surface area (TPSA) is 76.1 Å². The third-order valence-corrected chi connectivity index (χ3v) is 6.11. The van der Waals surface area contributed by atoms with Crippen LogP contribution in [0.5, 0.6) is 0 Å². The molecule has 2 aromatic rings. The Morgan fingerprint density at radius 3 is 2.85 bits per heavy atom. The highest BCUT2D eigenvalue weighted by Gasteiger charge is 2.16. The second kappa shape index (κ2) is 9.34. The first kappa shape index (κ1) is 19.1. The zero-order valence-electron chi connectivity index (χ0n) is 15.0. The first-order valence-electron chi connectivity index (χ1n) is 8.82. The molecule has 0 saturated carbocycles. The maximum atomic E-state index is 12.1. The lowest BCUT2D eigenvalue weighted by Crippen LogP contribution is -2.18. The largest absolute Gasteiger partial charge is 0.376 e. The van der Waals surface area contributed by atoms with E-state index in [2.05, 4.69) is 34.7 Å². The van der Waals surface area contributed by atoms with Crippen LogP contribution in [0.2, 0.25) is 0 Å². The molecule has 1 aliphatic rings. The molecule has 1 aromatic heterocycles. The number of carbonyl (C=O) groups excluding carboxylic acids is 1. The van der Waals surface area contributed by atoms with E-state index in [9.17, 15) is 4.79 Å². The second-order valence-corrected chi connectivity index (χ2v) is 8.70. The Morgan fingerprint density at radius 2 is 2.15 bits per heavy atom. The van der Waals surface area contributed by atoms with Gasteiger partial charge in [-0.1, -0.05) is 49.1 Å². The molecule has 1 atom stereocenters. The third kappa shape index (κ3) is 5.69. The smallest absolute Gasteiger partial charge is 0.234 e. The number of hydrogen-bond acceptors (Lipinski definition) is 7. The monoisotopic (exact) mass is 392 g/mol. The molecule has 1 saturated heterocycles. The molecule has 140 valence electrons. The molecule has 0 radical (unpaired) electrons. The minimum absolute atomic E-state index is 0.0450. The second-order valence-electron chi connectivity index (χ2n) is 6.50. The number of carbonyl (C=O) groups is 1. The minimum atomic E-state index is -0.0450. The van der Waals surface area contributed by atoms with Gasteiger partial charge in [0, 0.05) is 18.8 Å². The summed E-state index contributed by atoms with van der Waals surface area (Å²) in [5.41, 5.74) is 2.07. The van der Waals surface area contributed by atoms with Crippen LogP contribution in [0.15, 0.2) is 28.6 Å². The number of aromatic nitrogens is 2. The molecular formula is C18H24N4O2S2. The molecule has 1 aliphatic heterocycles. The van der Waals surface area contributed by atoms with Crippen molar-refractivity contribution in [3.63, 3.8) is 0 Å². The molecule has 1 aromatic carbocycles. The van der Waals surface area contributed by atoms with Gasteiger partial charge in [0.1, 0.15) is 0 Å². The normalized spacial score (nSPS) is 16.8. The van der Waals surface area contributed by atoms with E-state index in [0.29, 0.717) is 11.7 Å². The van der Waals surface area contributed by atoms with Crippen LogP contribution < -0.4 is 10.6 Å². The number of benzene rings is 1. The van der Waals surface area contributed by atoms with Crippen LogP contribution >= 0.6 is 23.1 Å². The van der Waals surface area contributed by atoms with Crippen molar-refractivity contribution in [2.24, 2.45) is 0 Å². The van der Waals surface area contributed by atoms with Gasteiger partial charge in [0.2, 0.25) is 11.0 Å². The highest BCUT2D eigenvalue weighted by molar-refractivity contribution is 8.01. The zero-order chi connectivity index (χ0) is 18.4. The SMILES string of the molecule is CC(C)c1ccc(NC(=O)CSc2nnc(NCC3CCCO3)s2)cc1. The summed E-state index contributed by atoms with van der Waals surface area (Å²) < 4.78 is 6.36. The summed E-state index contributed by atoms with van der Waals surface area (Å²) in [5, 5.41) is 15.2. The fourth-order valence-electron chi connectivity index (χ4n) is 2.62. The standard InChI is InChI=1S/C18H24N4O2S2/c1-12(2)13-5-7-14(8-6-13)20-16(23)11-25-18-22-21-17(26-18)19-10-15-4-3-9-24-15/h5-8,12,15H,3-4,9-11H2,1-2H3,(H,19,21)(H,20,23). The summed E-state index contributed by atoms with van der Waals surface area (Å²) in [6, 6.07) is 7.97. The van der Waals surface area contributed by atoms with Crippen molar-refractivity contribution in [3.05, 3.63) is 29.8 Å². The Kier molecular flexibility index (Phi) is 6.87. The first-order valence-corrected chi connectivity index (χ1v) is 10.6. The van der Waals surface area contributed by atoms with Gasteiger partial charge in [-0.05, 0) is 36.5 Å². The lowest BCUT2D eigenvalue weighted by molar-refractivity contribution is -0.113. The molecule has 6 nitrogen and oxygen atoms in total. The van der Waals surface area contributed by atoms with E-state index in [1.54, 1.807) is 0 Å². The van der Waals surface area contributed by atoms with Gasteiger partial charge in [-0.2, -0.15) is 0 Å². The average Bonchev–Trinajstić information content (AvgIpc) is 3.30. The Bertz CT molecular complexity index is 712. The van der Waals surface area contributed by atoms with Crippen LogP contribution in [0.1, 0.15) is 38.2 Å². The fourth-order valence-corrected chi connectivity index (χ4v) is 4.18. The van der Waals surface area contributed by atoms with E-state index in [4.69, 9.17) is 4.74 Å². The lowest BCUT2D eigenvalue weighted by Gasteiger charge is -2.08. The number of nitrogens with one attached hydrogen (secondary N) is 2. The van der Waals surface area contributed by atoms with Gasteiger partial charge in [0.15, 0.2) is 4.34 Å². The van der Waals surface area contributed by atoms with Crippen molar-refractivity contribution in [2.45, 2.75) is 43.1 Å². The van der Waals surface area contributed by atoms with E-state index in [0.717, 1.165) is 41.2 Å². The molecule has 3 rings (SSSR count). The summed E-state index contributed by atoms with van der Waals surface area (Å²) in [6.45, 7) is 5.90. The van der Waals surface area contributed by atoms with Gasteiger partial charge in [0.05, 0.1) is 11.9 Å². The van der Waals surface area contributed by atoms with Crippen LogP contribution in [0.4, 0.5) is 10.8 Å². The Labute approximate surface area is 162 Å². The number of amides is 1. The van der Waals surface area contributed by atoms with Crippen LogP contribution in [0, 0.1) is 0 Å². The molecule has 1 unspecified atom stereocenters. The Balaban J connectivity index is 1.41. The van der Waals surface area contributed by atoms with E-state index in [1.807, 2.05) is 24.3 Å².